The summed E-state index contributed by atoms with van der Waals surface area (Å²) in [6.07, 6.45) is 1.82. The molecule has 2 heterocycles. The van der Waals surface area contributed by atoms with Crippen molar-refractivity contribution in [1.82, 2.24) is 0 Å². The Morgan fingerprint density at radius 2 is 1.87 bits per heavy atom. The minimum atomic E-state index is -1.06. The van der Waals surface area contributed by atoms with E-state index in [1.54, 1.807) is 18.2 Å². The Morgan fingerprint density at radius 3 is 2.70 bits per heavy atom. The number of carboxylic acid groups (broad SMARTS) is 1. The second kappa shape index (κ2) is 7.02. The molecule has 0 radical (unpaired) electrons. The fourth-order valence-electron chi connectivity index (χ4n) is 4.49. The van der Waals surface area contributed by atoms with Gasteiger partial charge < -0.3 is 14.6 Å². The molecule has 0 fully saturated rings. The van der Waals surface area contributed by atoms with Crippen molar-refractivity contribution in [1.29, 1.82) is 0 Å². The van der Waals surface area contributed by atoms with E-state index in [1.807, 2.05) is 12.1 Å². The van der Waals surface area contributed by atoms with Crippen LogP contribution < -0.4 is 14.4 Å². The number of carbonyl (C=O) groups is 3. The second-order valence-corrected chi connectivity index (χ2v) is 7.59. The lowest BCUT2D eigenvalue weighted by Gasteiger charge is -2.38. The van der Waals surface area contributed by atoms with Crippen molar-refractivity contribution < 1.29 is 29.0 Å². The van der Waals surface area contributed by atoms with E-state index in [2.05, 4.69) is 0 Å². The quantitative estimate of drug-likeness (QED) is 0.838. The molecule has 0 spiro atoms. The van der Waals surface area contributed by atoms with Crippen LogP contribution in [0.2, 0.25) is 0 Å². The van der Waals surface area contributed by atoms with Crippen molar-refractivity contribution in [3.8, 4) is 11.5 Å². The third-order valence-corrected chi connectivity index (χ3v) is 5.83. The molecule has 0 saturated heterocycles. The van der Waals surface area contributed by atoms with Gasteiger partial charge in [0.2, 0.25) is 12.7 Å². The molecule has 0 saturated carbocycles. The lowest BCUT2D eigenvalue weighted by Crippen LogP contribution is -2.40. The van der Waals surface area contributed by atoms with Crippen molar-refractivity contribution in [3.05, 3.63) is 64.9 Å². The van der Waals surface area contributed by atoms with Gasteiger partial charge in [0.15, 0.2) is 17.3 Å². The molecule has 7 heteroatoms. The van der Waals surface area contributed by atoms with E-state index in [9.17, 15) is 19.5 Å². The van der Waals surface area contributed by atoms with Crippen LogP contribution in [0.5, 0.6) is 11.5 Å². The molecule has 5 rings (SSSR count). The SMILES string of the molecule is O=C1CCCC2=C1C(c1ccc3c(c1)OCO3)CC(=O)N2c1cccc(C(=O)O)c1. The smallest absolute Gasteiger partial charge is 0.335 e. The van der Waals surface area contributed by atoms with E-state index in [0.29, 0.717) is 47.7 Å². The number of rotatable bonds is 3. The highest BCUT2D eigenvalue weighted by atomic mass is 16.7. The topological polar surface area (TPSA) is 93.1 Å². The normalized spacial score (nSPS) is 20.4. The predicted molar refractivity (Wildman–Crippen MR) is 107 cm³/mol. The fourth-order valence-corrected chi connectivity index (χ4v) is 4.49. The first-order valence-corrected chi connectivity index (χ1v) is 9.85. The number of fused-ring (bicyclic) bond motifs is 1. The van der Waals surface area contributed by atoms with Crippen LogP contribution in [0.3, 0.4) is 0 Å². The van der Waals surface area contributed by atoms with Crippen LogP contribution in [0.25, 0.3) is 0 Å². The Hall–Kier alpha value is -3.61. The second-order valence-electron chi connectivity index (χ2n) is 7.59. The molecule has 2 aromatic carbocycles. The highest BCUT2D eigenvalue weighted by Gasteiger charge is 2.40. The zero-order chi connectivity index (χ0) is 20.8. The van der Waals surface area contributed by atoms with Gasteiger partial charge in [0.05, 0.1) is 5.56 Å². The Balaban J connectivity index is 1.62. The number of ketones is 1. The summed E-state index contributed by atoms with van der Waals surface area (Å²) in [5.74, 6) is -0.277. The maximum atomic E-state index is 13.2. The number of amides is 1. The first kappa shape index (κ1) is 18.4. The first-order chi connectivity index (χ1) is 14.5. The third kappa shape index (κ3) is 2.94. The van der Waals surface area contributed by atoms with Gasteiger partial charge in [0.1, 0.15) is 0 Å². The molecular formula is C23H19NO6. The summed E-state index contributed by atoms with van der Waals surface area (Å²) in [4.78, 5) is 39.1. The van der Waals surface area contributed by atoms with E-state index >= 15 is 0 Å². The number of ether oxygens (including phenoxy) is 2. The maximum absolute atomic E-state index is 13.2. The zero-order valence-electron chi connectivity index (χ0n) is 16.1. The summed E-state index contributed by atoms with van der Waals surface area (Å²) >= 11 is 0. The van der Waals surface area contributed by atoms with Crippen molar-refractivity contribution >= 4 is 23.3 Å². The monoisotopic (exact) mass is 405 g/mol. The molecule has 0 bridgehead atoms. The molecular weight excluding hydrogens is 386 g/mol. The number of anilines is 1. The van der Waals surface area contributed by atoms with E-state index in [4.69, 9.17) is 9.47 Å². The summed E-state index contributed by atoms with van der Waals surface area (Å²) in [5.41, 5.74) is 2.73. The molecule has 2 aromatic rings. The maximum Gasteiger partial charge on any atom is 0.335 e. The fraction of sp³-hybridized carbons (Fsp3) is 0.261. The molecule has 3 aliphatic rings. The summed E-state index contributed by atoms with van der Waals surface area (Å²) in [5, 5.41) is 9.32. The van der Waals surface area contributed by atoms with E-state index < -0.39 is 5.97 Å². The molecule has 2 aliphatic heterocycles. The number of hydrogen-bond acceptors (Lipinski definition) is 5. The van der Waals surface area contributed by atoms with Crippen LogP contribution in [-0.4, -0.2) is 29.6 Å². The average Bonchev–Trinajstić information content (AvgIpc) is 3.21. The molecule has 1 unspecified atom stereocenters. The van der Waals surface area contributed by atoms with Crippen LogP contribution >= 0.6 is 0 Å². The van der Waals surface area contributed by atoms with Crippen LogP contribution in [0.1, 0.15) is 47.5 Å². The van der Waals surface area contributed by atoms with Gasteiger partial charge >= 0.3 is 5.97 Å². The molecule has 30 heavy (non-hydrogen) atoms. The van der Waals surface area contributed by atoms with Crippen LogP contribution in [0.4, 0.5) is 5.69 Å². The number of allylic oxidation sites excluding steroid dienone is 2. The summed E-state index contributed by atoms with van der Waals surface area (Å²) in [7, 11) is 0. The van der Waals surface area contributed by atoms with Gasteiger partial charge in [-0.05, 0) is 48.7 Å². The van der Waals surface area contributed by atoms with Gasteiger partial charge in [-0.15, -0.1) is 0 Å². The number of Topliss-reactive ketones (excluding diaryl/α,β-unsaturated/α-hetero) is 1. The number of nitrogens with zero attached hydrogens (tertiary/aromatic N) is 1. The van der Waals surface area contributed by atoms with Gasteiger partial charge in [-0.3, -0.25) is 14.5 Å². The van der Waals surface area contributed by atoms with E-state index in [0.717, 1.165) is 5.56 Å². The Labute approximate surface area is 172 Å². The molecule has 1 aliphatic carbocycles. The Bertz CT molecular complexity index is 1120. The summed E-state index contributed by atoms with van der Waals surface area (Å²) in [6, 6.07) is 11.8. The lowest BCUT2D eigenvalue weighted by molar-refractivity contribution is -0.119. The predicted octanol–water partition coefficient (Wildman–Crippen LogP) is 3.64. The molecule has 1 amide bonds. The molecule has 1 atom stereocenters. The highest BCUT2D eigenvalue weighted by Crippen LogP contribution is 2.45. The van der Waals surface area contributed by atoms with Gasteiger partial charge in [0, 0.05) is 35.7 Å². The number of benzene rings is 2. The van der Waals surface area contributed by atoms with Crippen molar-refractivity contribution in [2.45, 2.75) is 31.6 Å². The van der Waals surface area contributed by atoms with Crippen molar-refractivity contribution in [3.63, 3.8) is 0 Å². The minimum Gasteiger partial charge on any atom is -0.478 e. The van der Waals surface area contributed by atoms with Gasteiger partial charge in [-0.1, -0.05) is 12.1 Å². The third-order valence-electron chi connectivity index (χ3n) is 5.83. The average molecular weight is 405 g/mol. The minimum absolute atomic E-state index is 0.0332. The van der Waals surface area contributed by atoms with E-state index in [-0.39, 0.29) is 36.4 Å². The summed E-state index contributed by atoms with van der Waals surface area (Å²) < 4.78 is 10.8. The van der Waals surface area contributed by atoms with Crippen molar-refractivity contribution in [2.75, 3.05) is 11.7 Å². The number of carbonyl (C=O) groups excluding carboxylic acids is 2. The Morgan fingerprint density at radius 1 is 1.03 bits per heavy atom. The first-order valence-electron chi connectivity index (χ1n) is 9.85. The molecule has 1 N–H and O–H groups in total. The number of aromatic carboxylic acids is 1. The highest BCUT2D eigenvalue weighted by molar-refractivity contribution is 6.07. The number of hydrogen-bond donors (Lipinski definition) is 1. The van der Waals surface area contributed by atoms with Gasteiger partial charge in [-0.25, -0.2) is 4.79 Å². The summed E-state index contributed by atoms with van der Waals surface area (Å²) in [6.45, 7) is 0.156. The van der Waals surface area contributed by atoms with Crippen LogP contribution in [-0.2, 0) is 9.59 Å². The molecule has 7 nitrogen and oxygen atoms in total. The number of carboxylic acids is 1. The van der Waals surface area contributed by atoms with Crippen LogP contribution in [0, 0.1) is 0 Å². The molecule has 152 valence electrons. The van der Waals surface area contributed by atoms with Crippen molar-refractivity contribution in [2.24, 2.45) is 0 Å². The standard InChI is InChI=1S/C23H19NO6/c25-18-6-2-5-17-22(18)16(13-7-8-19-20(10-13)30-12-29-19)11-21(26)24(17)15-4-1-3-14(9-15)23(27)28/h1,3-4,7-10,16H,2,5-6,11-12H2,(H,27,28). The zero-order valence-corrected chi connectivity index (χ0v) is 16.1. The molecule has 0 aromatic heterocycles. The Kier molecular flexibility index (Phi) is 4.31. The lowest BCUT2D eigenvalue weighted by atomic mass is 9.77. The van der Waals surface area contributed by atoms with Gasteiger partial charge in [-0.2, -0.15) is 0 Å². The van der Waals surface area contributed by atoms with Gasteiger partial charge in [0.25, 0.3) is 0 Å². The van der Waals surface area contributed by atoms with Crippen LogP contribution in [0.15, 0.2) is 53.7 Å². The van der Waals surface area contributed by atoms with E-state index in [1.165, 1.54) is 17.0 Å². The largest absolute Gasteiger partial charge is 0.478 e.